The second kappa shape index (κ2) is 19.1. The highest BCUT2D eigenvalue weighted by molar-refractivity contribution is 6.74. The fraction of sp³-hybridized carbons (Fsp3) is 0.415. The summed E-state index contributed by atoms with van der Waals surface area (Å²) in [7, 11) is 1.36. The molecule has 0 saturated carbocycles. The molecule has 2 amide bonds. The fourth-order valence-corrected chi connectivity index (χ4v) is 6.68. The lowest BCUT2D eigenvalue weighted by Crippen LogP contribution is -2.41. The zero-order valence-corrected chi connectivity index (χ0v) is 34.1. The van der Waals surface area contributed by atoms with Crippen LogP contribution in [0.1, 0.15) is 70.4 Å². The van der Waals surface area contributed by atoms with E-state index in [-0.39, 0.29) is 34.8 Å². The maximum atomic E-state index is 13.5. The maximum absolute atomic E-state index is 13.5. The van der Waals surface area contributed by atoms with Crippen LogP contribution in [0.5, 0.6) is 11.5 Å². The van der Waals surface area contributed by atoms with Crippen LogP contribution in [-0.2, 0) is 17.5 Å². The van der Waals surface area contributed by atoms with E-state index in [1.54, 1.807) is 31.6 Å². The number of ether oxygens (including phenoxy) is 2. The van der Waals surface area contributed by atoms with Gasteiger partial charge in [-0.05, 0) is 79.3 Å². The highest BCUT2D eigenvalue weighted by atomic mass is 28.4. The zero-order valence-electron chi connectivity index (χ0n) is 33.1. The van der Waals surface area contributed by atoms with Gasteiger partial charge in [0.05, 0.1) is 20.8 Å². The predicted molar refractivity (Wildman–Crippen MR) is 217 cm³/mol. The summed E-state index contributed by atoms with van der Waals surface area (Å²) in [4.78, 5) is 35.6. The Morgan fingerprint density at radius 2 is 1.22 bits per heavy atom. The second-order valence-electron chi connectivity index (χ2n) is 14.7. The number of aliphatic hydroxyl groups is 1. The molecule has 290 valence electrons. The monoisotopic (exact) mass is 756 g/mol. The molecule has 0 spiro atoms. The van der Waals surface area contributed by atoms with Gasteiger partial charge in [-0.1, -0.05) is 45.0 Å². The summed E-state index contributed by atoms with van der Waals surface area (Å²) in [6.45, 7) is 18.1. The molecule has 0 aliphatic carbocycles. The number of nitrogens with one attached hydrogen (secondary N) is 4. The molecule has 0 saturated heterocycles. The average Bonchev–Trinajstić information content (AvgIpc) is 3.14. The van der Waals surface area contributed by atoms with E-state index in [1.807, 2.05) is 50.2 Å². The molecule has 5 N–H and O–H groups in total. The van der Waals surface area contributed by atoms with Crippen LogP contribution in [-0.4, -0.2) is 75.7 Å². The molecule has 0 radical (unpaired) electrons. The maximum Gasteiger partial charge on any atom is 0.274 e. The molecule has 0 unspecified atom stereocenters. The van der Waals surface area contributed by atoms with Gasteiger partial charge in [0.1, 0.15) is 22.9 Å². The van der Waals surface area contributed by atoms with E-state index in [4.69, 9.17) is 19.0 Å². The lowest BCUT2D eigenvalue weighted by atomic mass is 9.94. The van der Waals surface area contributed by atoms with Crippen molar-refractivity contribution in [1.82, 2.24) is 20.6 Å². The predicted octanol–water partition coefficient (Wildman–Crippen LogP) is 6.87. The summed E-state index contributed by atoms with van der Waals surface area (Å²) in [6.07, 6.45) is 4.17. The minimum Gasteiger partial charge on any atom is -0.496 e. The van der Waals surface area contributed by atoms with Gasteiger partial charge in [-0.25, -0.2) is 0 Å². The Hall–Kier alpha value is -4.66. The van der Waals surface area contributed by atoms with Gasteiger partial charge in [0.15, 0.2) is 8.32 Å². The number of carbonyl (C=O) groups excluding carboxylic acids is 2. The number of aromatic nitrogens is 2. The van der Waals surface area contributed by atoms with E-state index in [0.717, 1.165) is 53.0 Å². The van der Waals surface area contributed by atoms with Gasteiger partial charge in [-0.3, -0.25) is 19.6 Å². The van der Waals surface area contributed by atoms with Gasteiger partial charge in [0.2, 0.25) is 0 Å². The van der Waals surface area contributed by atoms with Crippen LogP contribution in [0.2, 0.25) is 18.1 Å². The minimum absolute atomic E-state index is 0.0167. The van der Waals surface area contributed by atoms with Crippen molar-refractivity contribution in [2.24, 2.45) is 0 Å². The molecule has 0 atom stereocenters. The second-order valence-corrected chi connectivity index (χ2v) is 19.5. The van der Waals surface area contributed by atoms with Crippen molar-refractivity contribution in [3.63, 3.8) is 0 Å². The third-order valence-corrected chi connectivity index (χ3v) is 14.5. The number of hydrogen-bond donors (Lipinski definition) is 5. The summed E-state index contributed by atoms with van der Waals surface area (Å²) in [5, 5.41) is 21.8. The Morgan fingerprint density at radius 1 is 0.759 bits per heavy atom. The SMILES string of the molecule is COc1cc(C(=O)Nc2cccc(-c3cccc(NC(=O)c4cc(OC)c(CNCCCO[Si](C)(C)C(C)(C)C)cn4)c3C)c2C)ncc1CNCCO. The molecular formula is C41H56N6O6Si. The molecule has 13 heteroatoms. The number of aliphatic hydroxyl groups excluding tert-OH is 1. The van der Waals surface area contributed by atoms with Crippen molar-refractivity contribution < 1.29 is 28.6 Å². The zero-order chi connectivity index (χ0) is 39.5. The van der Waals surface area contributed by atoms with Crippen molar-refractivity contribution in [1.29, 1.82) is 0 Å². The topological polar surface area (TPSA) is 156 Å². The Kier molecular flexibility index (Phi) is 14.9. The van der Waals surface area contributed by atoms with Gasteiger partial charge in [-0.15, -0.1) is 0 Å². The van der Waals surface area contributed by atoms with E-state index >= 15 is 0 Å². The molecule has 0 fully saturated rings. The molecule has 12 nitrogen and oxygen atoms in total. The number of nitrogens with zero attached hydrogens (tertiary/aromatic N) is 2. The molecule has 0 bridgehead atoms. The van der Waals surface area contributed by atoms with E-state index in [0.29, 0.717) is 42.5 Å². The van der Waals surface area contributed by atoms with Crippen molar-refractivity contribution in [3.8, 4) is 22.6 Å². The Labute approximate surface area is 320 Å². The molecule has 2 aromatic carbocycles. The first-order valence-electron chi connectivity index (χ1n) is 18.2. The smallest absolute Gasteiger partial charge is 0.274 e. The molecule has 4 rings (SSSR count). The first-order chi connectivity index (χ1) is 25.7. The molecular weight excluding hydrogens is 701 g/mol. The first-order valence-corrected chi connectivity index (χ1v) is 21.2. The van der Waals surface area contributed by atoms with Crippen molar-refractivity contribution in [3.05, 3.63) is 94.6 Å². The Morgan fingerprint density at radius 3 is 1.65 bits per heavy atom. The van der Waals surface area contributed by atoms with Crippen LogP contribution in [0.15, 0.2) is 60.9 Å². The van der Waals surface area contributed by atoms with Crippen LogP contribution >= 0.6 is 0 Å². The number of methoxy groups -OCH3 is 2. The summed E-state index contributed by atoms with van der Waals surface area (Å²) >= 11 is 0. The van der Waals surface area contributed by atoms with Gasteiger partial charge in [0.25, 0.3) is 11.8 Å². The van der Waals surface area contributed by atoms with Gasteiger partial charge in [0, 0.05) is 73.3 Å². The van der Waals surface area contributed by atoms with Crippen molar-refractivity contribution >= 4 is 31.5 Å². The molecule has 2 aromatic heterocycles. The number of amides is 2. The molecule has 54 heavy (non-hydrogen) atoms. The first kappa shape index (κ1) is 42.1. The third kappa shape index (κ3) is 10.7. The molecule has 0 aliphatic heterocycles. The standard InChI is InChI=1S/C41H56N6O6Si/c1-27-31(32-14-11-16-34(28(32)2)47-40(50)36-22-38(52-7)30(26-45-36)24-43-18-19-48)13-10-15-33(27)46-39(49)35-21-37(51-6)29(25-44-35)23-42-17-12-20-53-54(8,9)41(3,4)5/h10-11,13-16,21-22,25-26,42-43,48H,12,17-20,23-24H2,1-9H3,(H,46,49)(H,47,50). The summed E-state index contributed by atoms with van der Waals surface area (Å²) in [5.41, 5.74) is 6.88. The number of hydrogen-bond acceptors (Lipinski definition) is 10. The normalized spacial score (nSPS) is 11.7. The van der Waals surface area contributed by atoms with Crippen LogP contribution in [0.25, 0.3) is 11.1 Å². The Bertz CT molecular complexity index is 1910. The van der Waals surface area contributed by atoms with Crippen molar-refractivity contribution in [2.45, 2.75) is 72.3 Å². The summed E-state index contributed by atoms with van der Waals surface area (Å²) in [6, 6.07) is 14.7. The number of pyridine rings is 2. The molecule has 2 heterocycles. The minimum atomic E-state index is -1.76. The number of benzene rings is 2. The van der Waals surface area contributed by atoms with Gasteiger partial charge < -0.3 is 40.3 Å². The van der Waals surface area contributed by atoms with Crippen LogP contribution in [0.3, 0.4) is 0 Å². The lowest BCUT2D eigenvalue weighted by molar-refractivity contribution is 0.101. The average molecular weight is 757 g/mol. The van der Waals surface area contributed by atoms with Crippen LogP contribution in [0, 0.1) is 13.8 Å². The van der Waals surface area contributed by atoms with E-state index in [2.05, 4.69) is 65.1 Å². The Balaban J connectivity index is 1.42. The highest BCUT2D eigenvalue weighted by Gasteiger charge is 2.36. The fourth-order valence-electron chi connectivity index (χ4n) is 5.59. The third-order valence-electron chi connectivity index (χ3n) is 9.93. The van der Waals surface area contributed by atoms with Crippen LogP contribution in [0.4, 0.5) is 11.4 Å². The number of carbonyl (C=O) groups is 2. The van der Waals surface area contributed by atoms with Gasteiger partial charge >= 0.3 is 0 Å². The quantitative estimate of drug-likeness (QED) is 0.0537. The number of anilines is 2. The lowest BCUT2D eigenvalue weighted by Gasteiger charge is -2.36. The molecule has 4 aromatic rings. The summed E-state index contributed by atoms with van der Waals surface area (Å²) < 4.78 is 17.4. The van der Waals surface area contributed by atoms with Crippen molar-refractivity contribution in [2.75, 3.05) is 51.2 Å². The van der Waals surface area contributed by atoms with E-state index < -0.39 is 8.32 Å². The number of rotatable bonds is 18. The highest BCUT2D eigenvalue weighted by Crippen LogP contribution is 2.37. The van der Waals surface area contributed by atoms with E-state index in [9.17, 15) is 9.59 Å². The summed E-state index contributed by atoms with van der Waals surface area (Å²) in [5.74, 6) is 0.375. The van der Waals surface area contributed by atoms with Crippen LogP contribution < -0.4 is 30.7 Å². The molecule has 0 aliphatic rings. The largest absolute Gasteiger partial charge is 0.496 e. The van der Waals surface area contributed by atoms with Gasteiger partial charge in [-0.2, -0.15) is 0 Å². The van der Waals surface area contributed by atoms with E-state index in [1.165, 1.54) is 7.11 Å².